The molecule has 0 aromatic rings. The van der Waals surface area contributed by atoms with Crippen LogP contribution in [0.4, 0.5) is 0 Å². The fraction of sp³-hybridized carbons (Fsp3) is 0.800. The first kappa shape index (κ1) is 9.74. The predicted molar refractivity (Wildman–Crippen MR) is 48.1 cm³/mol. The fourth-order valence-electron chi connectivity index (χ4n) is 1.40. The molecule has 0 aromatic carbocycles. The van der Waals surface area contributed by atoms with Crippen LogP contribution in [0.3, 0.4) is 0 Å². The Morgan fingerprint density at radius 3 is 2.30 bits per heavy atom. The van der Waals surface area contributed by atoms with Gasteiger partial charge >= 0.3 is 0 Å². The summed E-state index contributed by atoms with van der Waals surface area (Å²) in [6, 6.07) is 0. The van der Waals surface area contributed by atoms with E-state index in [4.69, 9.17) is 0 Å². The number of rotatable bonds is 0. The Bertz CT molecular complexity index is 92.2. The lowest BCUT2D eigenvalue weighted by molar-refractivity contribution is 0.454. The lowest BCUT2D eigenvalue weighted by Crippen LogP contribution is -2.02. The average molecular weight is 140 g/mol. The minimum atomic E-state index is 0.913. The smallest absolute Gasteiger partial charge is 0.0297 e. The minimum absolute atomic E-state index is 0.913. The Morgan fingerprint density at radius 1 is 1.40 bits per heavy atom. The molecule has 1 saturated carbocycles. The van der Waals surface area contributed by atoms with Crippen molar-refractivity contribution >= 4 is 0 Å². The molecule has 1 unspecified atom stereocenters. The van der Waals surface area contributed by atoms with E-state index in [1.807, 2.05) is 13.8 Å². The molecule has 0 aromatic heterocycles. The van der Waals surface area contributed by atoms with Gasteiger partial charge in [-0.2, -0.15) is 0 Å². The Kier molecular flexibility index (Phi) is 5.38. The van der Waals surface area contributed by atoms with Crippen molar-refractivity contribution in [3.05, 3.63) is 12.2 Å². The van der Waals surface area contributed by atoms with E-state index in [2.05, 4.69) is 13.5 Å². The standard InChI is InChI=1S/C8H14.C2H6/c1-7-4-3-5-8(2)6-7;1-2/h8H,1,3-6H2,2H3;1-2H3. The average Bonchev–Trinajstić information content (AvgIpc) is 1.91. The monoisotopic (exact) mass is 140 g/mol. The lowest BCUT2D eigenvalue weighted by atomic mass is 9.88. The largest absolute Gasteiger partial charge is 0.0999 e. The van der Waals surface area contributed by atoms with E-state index in [0.717, 1.165) is 5.92 Å². The first-order chi connectivity index (χ1) is 4.79. The summed E-state index contributed by atoms with van der Waals surface area (Å²) in [5.41, 5.74) is 1.46. The van der Waals surface area contributed by atoms with Crippen LogP contribution >= 0.6 is 0 Å². The summed E-state index contributed by atoms with van der Waals surface area (Å²) in [5.74, 6) is 0.913. The van der Waals surface area contributed by atoms with Crippen molar-refractivity contribution < 1.29 is 0 Å². The Labute approximate surface area is 65.3 Å². The van der Waals surface area contributed by atoms with Gasteiger partial charge in [-0.25, -0.2) is 0 Å². The van der Waals surface area contributed by atoms with Crippen molar-refractivity contribution in [3.8, 4) is 0 Å². The van der Waals surface area contributed by atoms with Crippen LogP contribution in [0.2, 0.25) is 0 Å². The fourth-order valence-corrected chi connectivity index (χ4v) is 1.40. The molecule has 0 nitrogen and oxygen atoms in total. The highest BCUT2D eigenvalue weighted by Gasteiger charge is 2.09. The van der Waals surface area contributed by atoms with Crippen LogP contribution in [0, 0.1) is 5.92 Å². The molecule has 0 heteroatoms. The maximum absolute atomic E-state index is 3.96. The summed E-state index contributed by atoms with van der Waals surface area (Å²) in [6.07, 6.45) is 5.35. The second-order valence-electron chi connectivity index (χ2n) is 2.95. The van der Waals surface area contributed by atoms with Gasteiger partial charge in [-0.1, -0.05) is 39.3 Å². The van der Waals surface area contributed by atoms with Gasteiger partial charge in [-0.15, -0.1) is 0 Å². The van der Waals surface area contributed by atoms with Crippen LogP contribution < -0.4 is 0 Å². The lowest BCUT2D eigenvalue weighted by Gasteiger charge is -2.18. The molecule has 60 valence electrons. The molecule has 0 saturated heterocycles. The predicted octanol–water partition coefficient (Wildman–Crippen LogP) is 3.78. The third-order valence-electron chi connectivity index (χ3n) is 1.86. The zero-order valence-corrected chi connectivity index (χ0v) is 7.61. The Balaban J connectivity index is 0.000000371. The van der Waals surface area contributed by atoms with Gasteiger partial charge < -0.3 is 0 Å². The summed E-state index contributed by atoms with van der Waals surface area (Å²) in [5, 5.41) is 0. The third-order valence-corrected chi connectivity index (χ3v) is 1.86. The van der Waals surface area contributed by atoms with Crippen molar-refractivity contribution in [3.63, 3.8) is 0 Å². The van der Waals surface area contributed by atoms with E-state index in [1.165, 1.54) is 31.3 Å². The summed E-state index contributed by atoms with van der Waals surface area (Å²) in [6.45, 7) is 10.3. The molecule has 1 aliphatic carbocycles. The van der Waals surface area contributed by atoms with E-state index in [-0.39, 0.29) is 0 Å². The molecule has 1 aliphatic rings. The van der Waals surface area contributed by atoms with Crippen LogP contribution in [0.1, 0.15) is 46.5 Å². The Hall–Kier alpha value is -0.260. The molecule has 0 radical (unpaired) electrons. The van der Waals surface area contributed by atoms with Gasteiger partial charge in [0, 0.05) is 0 Å². The highest BCUT2D eigenvalue weighted by molar-refractivity contribution is 4.98. The molecular formula is C10H20. The van der Waals surface area contributed by atoms with Crippen LogP contribution in [-0.2, 0) is 0 Å². The topological polar surface area (TPSA) is 0 Å². The first-order valence-corrected chi connectivity index (χ1v) is 4.45. The zero-order valence-electron chi connectivity index (χ0n) is 7.61. The molecular weight excluding hydrogens is 120 g/mol. The highest BCUT2D eigenvalue weighted by Crippen LogP contribution is 2.25. The van der Waals surface area contributed by atoms with E-state index in [1.54, 1.807) is 0 Å². The molecule has 0 spiro atoms. The number of hydrogen-bond donors (Lipinski definition) is 0. The van der Waals surface area contributed by atoms with Gasteiger partial charge in [-0.3, -0.25) is 0 Å². The second kappa shape index (κ2) is 5.52. The molecule has 0 N–H and O–H groups in total. The van der Waals surface area contributed by atoms with E-state index >= 15 is 0 Å². The van der Waals surface area contributed by atoms with Gasteiger partial charge in [0.2, 0.25) is 0 Å². The number of hydrogen-bond acceptors (Lipinski definition) is 0. The molecule has 0 amide bonds. The van der Waals surface area contributed by atoms with Crippen LogP contribution in [0.25, 0.3) is 0 Å². The van der Waals surface area contributed by atoms with Gasteiger partial charge in [0.15, 0.2) is 0 Å². The van der Waals surface area contributed by atoms with Gasteiger partial charge in [0.25, 0.3) is 0 Å². The van der Waals surface area contributed by atoms with E-state index in [0.29, 0.717) is 0 Å². The summed E-state index contributed by atoms with van der Waals surface area (Å²) >= 11 is 0. The zero-order chi connectivity index (χ0) is 7.98. The molecule has 0 aliphatic heterocycles. The van der Waals surface area contributed by atoms with Crippen molar-refractivity contribution in [1.82, 2.24) is 0 Å². The maximum Gasteiger partial charge on any atom is -0.0297 e. The molecule has 1 fully saturated rings. The molecule has 1 rings (SSSR count). The van der Waals surface area contributed by atoms with E-state index < -0.39 is 0 Å². The third kappa shape index (κ3) is 3.71. The van der Waals surface area contributed by atoms with Crippen molar-refractivity contribution in [1.29, 1.82) is 0 Å². The SMILES string of the molecule is C=C1CCCC(C)C1.CC. The van der Waals surface area contributed by atoms with Gasteiger partial charge in [0.05, 0.1) is 0 Å². The summed E-state index contributed by atoms with van der Waals surface area (Å²) < 4.78 is 0. The Morgan fingerprint density at radius 2 is 2.00 bits per heavy atom. The van der Waals surface area contributed by atoms with Crippen molar-refractivity contribution in [2.75, 3.05) is 0 Å². The van der Waals surface area contributed by atoms with E-state index in [9.17, 15) is 0 Å². The molecule has 10 heavy (non-hydrogen) atoms. The van der Waals surface area contributed by atoms with Gasteiger partial charge in [0.1, 0.15) is 0 Å². The van der Waals surface area contributed by atoms with Crippen LogP contribution in [-0.4, -0.2) is 0 Å². The van der Waals surface area contributed by atoms with Crippen molar-refractivity contribution in [2.24, 2.45) is 5.92 Å². The maximum atomic E-state index is 3.96. The molecule has 1 atom stereocenters. The highest BCUT2D eigenvalue weighted by atomic mass is 14.1. The molecule has 0 bridgehead atoms. The first-order valence-electron chi connectivity index (χ1n) is 4.45. The van der Waals surface area contributed by atoms with Crippen LogP contribution in [0.5, 0.6) is 0 Å². The minimum Gasteiger partial charge on any atom is -0.0999 e. The quantitative estimate of drug-likeness (QED) is 0.449. The van der Waals surface area contributed by atoms with Gasteiger partial charge in [-0.05, 0) is 25.2 Å². The molecule has 0 heterocycles. The summed E-state index contributed by atoms with van der Waals surface area (Å²) in [7, 11) is 0. The normalized spacial score (nSPS) is 25.1. The van der Waals surface area contributed by atoms with Crippen molar-refractivity contribution in [2.45, 2.75) is 46.5 Å². The summed E-state index contributed by atoms with van der Waals surface area (Å²) in [4.78, 5) is 0. The van der Waals surface area contributed by atoms with Crippen LogP contribution in [0.15, 0.2) is 12.2 Å². The number of allylic oxidation sites excluding steroid dienone is 1. The second-order valence-corrected chi connectivity index (χ2v) is 2.95.